The maximum absolute atomic E-state index is 12.6. The second-order valence-electron chi connectivity index (χ2n) is 6.19. The number of fused-ring (bicyclic) bond motifs is 1. The van der Waals surface area contributed by atoms with E-state index in [9.17, 15) is 13.2 Å². The molecule has 2 aromatic heterocycles. The maximum atomic E-state index is 12.6. The number of hydrogen-bond acceptors (Lipinski definition) is 4. The molecule has 0 saturated carbocycles. The van der Waals surface area contributed by atoms with Crippen molar-refractivity contribution in [2.45, 2.75) is 12.7 Å². The van der Waals surface area contributed by atoms with E-state index in [1.54, 1.807) is 4.57 Å². The summed E-state index contributed by atoms with van der Waals surface area (Å²) in [6, 6.07) is 7.95. The Morgan fingerprint density at radius 3 is 2.46 bits per heavy atom. The Balaban J connectivity index is 1.66. The highest BCUT2D eigenvalue weighted by molar-refractivity contribution is 5.85. The molecule has 26 heavy (non-hydrogen) atoms. The van der Waals surface area contributed by atoms with Crippen molar-refractivity contribution in [3.05, 3.63) is 54.2 Å². The van der Waals surface area contributed by atoms with Gasteiger partial charge in [-0.2, -0.15) is 13.2 Å². The molecule has 0 amide bonds. The third kappa shape index (κ3) is 3.30. The molecule has 0 unspecified atom stereocenters. The number of morpholine rings is 1. The number of hydrogen-bond donors (Lipinski definition) is 0. The molecule has 0 atom stereocenters. The van der Waals surface area contributed by atoms with E-state index in [1.165, 1.54) is 18.0 Å². The molecule has 136 valence electrons. The summed E-state index contributed by atoms with van der Waals surface area (Å²) in [7, 11) is 0. The molecule has 0 spiro atoms. The van der Waals surface area contributed by atoms with Crippen molar-refractivity contribution >= 4 is 10.9 Å². The Bertz CT molecular complexity index is 899. The van der Waals surface area contributed by atoms with Crippen LogP contribution in [-0.4, -0.2) is 45.7 Å². The van der Waals surface area contributed by atoms with Gasteiger partial charge < -0.3 is 9.30 Å². The van der Waals surface area contributed by atoms with Crippen LogP contribution in [-0.2, 0) is 17.5 Å². The van der Waals surface area contributed by atoms with E-state index in [1.807, 2.05) is 24.4 Å². The van der Waals surface area contributed by atoms with Gasteiger partial charge >= 0.3 is 6.18 Å². The van der Waals surface area contributed by atoms with E-state index in [0.717, 1.165) is 43.8 Å². The first kappa shape index (κ1) is 17.0. The van der Waals surface area contributed by atoms with Gasteiger partial charge in [0.05, 0.1) is 36.8 Å². The predicted molar refractivity (Wildman–Crippen MR) is 90.0 cm³/mol. The summed E-state index contributed by atoms with van der Waals surface area (Å²) in [6.45, 7) is 4.07. The Hall–Kier alpha value is -2.45. The fourth-order valence-corrected chi connectivity index (χ4v) is 3.19. The predicted octanol–water partition coefficient (Wildman–Crippen LogP) is 3.27. The van der Waals surface area contributed by atoms with Crippen molar-refractivity contribution in [1.29, 1.82) is 0 Å². The Labute approximate surface area is 148 Å². The summed E-state index contributed by atoms with van der Waals surface area (Å²) in [6.07, 6.45) is -0.310. The van der Waals surface area contributed by atoms with Crippen LogP contribution in [0.1, 0.15) is 11.4 Å². The fraction of sp³-hybridized carbons (Fsp3) is 0.333. The first-order valence-corrected chi connectivity index (χ1v) is 8.31. The average Bonchev–Trinajstić information content (AvgIpc) is 3.07. The molecule has 0 radical (unpaired) electrons. The van der Waals surface area contributed by atoms with E-state index in [-0.39, 0.29) is 0 Å². The monoisotopic (exact) mass is 362 g/mol. The molecule has 1 saturated heterocycles. The molecule has 5 nitrogen and oxygen atoms in total. The second-order valence-corrected chi connectivity index (χ2v) is 6.19. The van der Waals surface area contributed by atoms with E-state index in [2.05, 4.69) is 20.9 Å². The van der Waals surface area contributed by atoms with Gasteiger partial charge in [-0.1, -0.05) is 12.1 Å². The summed E-state index contributed by atoms with van der Waals surface area (Å²) in [5, 5.41) is 1.07. The van der Waals surface area contributed by atoms with Gasteiger partial charge in [0.25, 0.3) is 0 Å². The largest absolute Gasteiger partial charge is 0.451 e. The first-order valence-electron chi connectivity index (χ1n) is 8.31. The maximum Gasteiger partial charge on any atom is 0.451 e. The lowest BCUT2D eigenvalue weighted by molar-refractivity contribution is -0.145. The molecule has 1 fully saturated rings. The van der Waals surface area contributed by atoms with Crippen LogP contribution in [0.25, 0.3) is 16.6 Å². The van der Waals surface area contributed by atoms with Gasteiger partial charge in [0.15, 0.2) is 0 Å². The number of halogens is 3. The highest BCUT2D eigenvalue weighted by Gasteiger charge is 2.34. The highest BCUT2D eigenvalue weighted by Crippen LogP contribution is 2.27. The summed E-state index contributed by atoms with van der Waals surface area (Å²) >= 11 is 0. The van der Waals surface area contributed by atoms with Gasteiger partial charge in [0, 0.05) is 31.2 Å². The third-order valence-electron chi connectivity index (χ3n) is 4.49. The number of benzene rings is 1. The zero-order valence-electron chi connectivity index (χ0n) is 13.9. The zero-order valence-corrected chi connectivity index (χ0v) is 13.9. The highest BCUT2D eigenvalue weighted by atomic mass is 19.4. The number of rotatable bonds is 3. The molecule has 8 heteroatoms. The van der Waals surface area contributed by atoms with Gasteiger partial charge in [-0.3, -0.25) is 4.90 Å². The minimum absolute atomic E-state index is 0.497. The number of ether oxygens (including phenoxy) is 1. The molecular weight excluding hydrogens is 345 g/mol. The normalized spacial score (nSPS) is 16.3. The van der Waals surface area contributed by atoms with Crippen LogP contribution >= 0.6 is 0 Å². The Morgan fingerprint density at radius 1 is 1.04 bits per heavy atom. The first-order chi connectivity index (χ1) is 12.5. The second kappa shape index (κ2) is 6.69. The number of aromatic nitrogens is 3. The van der Waals surface area contributed by atoms with E-state index in [0.29, 0.717) is 5.69 Å². The topological polar surface area (TPSA) is 43.2 Å². The van der Waals surface area contributed by atoms with Crippen LogP contribution in [0.15, 0.2) is 42.9 Å². The Morgan fingerprint density at radius 2 is 1.77 bits per heavy atom. The minimum Gasteiger partial charge on any atom is -0.379 e. The summed E-state index contributed by atoms with van der Waals surface area (Å²) in [5.41, 5.74) is 2.59. The molecular formula is C18H17F3N4O. The van der Waals surface area contributed by atoms with Crippen LogP contribution < -0.4 is 0 Å². The van der Waals surface area contributed by atoms with Gasteiger partial charge in [0.1, 0.15) is 0 Å². The molecule has 4 rings (SSSR count). The van der Waals surface area contributed by atoms with Crippen LogP contribution in [0.3, 0.4) is 0 Å². The van der Waals surface area contributed by atoms with Crippen molar-refractivity contribution in [3.63, 3.8) is 0 Å². The lowest BCUT2D eigenvalue weighted by atomic mass is 10.1. The van der Waals surface area contributed by atoms with Gasteiger partial charge in [-0.05, 0) is 17.7 Å². The number of nitrogens with zero attached hydrogens (tertiary/aromatic N) is 4. The van der Waals surface area contributed by atoms with Crippen LogP contribution in [0.2, 0.25) is 0 Å². The molecule has 0 N–H and O–H groups in total. The van der Waals surface area contributed by atoms with E-state index >= 15 is 0 Å². The minimum atomic E-state index is -4.54. The average molecular weight is 362 g/mol. The summed E-state index contributed by atoms with van der Waals surface area (Å²) in [5.74, 6) is -1.13. The zero-order chi connectivity index (χ0) is 18.1. The standard InChI is InChI=1S/C18H17F3N4O/c19-18(20,21)17-22-10-14(11-23-17)25-5-4-15-13(2-1-3-16(15)25)12-24-6-8-26-9-7-24/h1-5,10-11H,6-9,12H2. The SMILES string of the molecule is FC(F)(F)c1ncc(-n2ccc3c(CN4CCOCC4)cccc32)cn1. The van der Waals surface area contributed by atoms with Crippen molar-refractivity contribution in [3.8, 4) is 5.69 Å². The van der Waals surface area contributed by atoms with Crippen molar-refractivity contribution < 1.29 is 17.9 Å². The molecule has 3 heterocycles. The van der Waals surface area contributed by atoms with Gasteiger partial charge in [-0.15, -0.1) is 0 Å². The van der Waals surface area contributed by atoms with Crippen molar-refractivity contribution in [2.24, 2.45) is 0 Å². The van der Waals surface area contributed by atoms with Crippen molar-refractivity contribution in [1.82, 2.24) is 19.4 Å². The fourth-order valence-electron chi connectivity index (χ4n) is 3.19. The molecule has 1 aliphatic rings. The third-order valence-corrected chi connectivity index (χ3v) is 4.49. The lowest BCUT2D eigenvalue weighted by Crippen LogP contribution is -2.35. The van der Waals surface area contributed by atoms with E-state index < -0.39 is 12.0 Å². The van der Waals surface area contributed by atoms with Crippen LogP contribution in [0.4, 0.5) is 13.2 Å². The molecule has 1 aromatic carbocycles. The molecule has 1 aliphatic heterocycles. The van der Waals surface area contributed by atoms with E-state index in [4.69, 9.17) is 4.74 Å². The summed E-state index contributed by atoms with van der Waals surface area (Å²) in [4.78, 5) is 9.23. The molecule has 3 aromatic rings. The Kier molecular flexibility index (Phi) is 4.37. The molecule has 0 aliphatic carbocycles. The van der Waals surface area contributed by atoms with Crippen molar-refractivity contribution in [2.75, 3.05) is 26.3 Å². The molecule has 0 bridgehead atoms. The number of alkyl halides is 3. The van der Waals surface area contributed by atoms with Gasteiger partial charge in [-0.25, -0.2) is 9.97 Å². The quantitative estimate of drug-likeness (QED) is 0.717. The summed E-state index contributed by atoms with van der Waals surface area (Å²) < 4.78 is 45.1. The lowest BCUT2D eigenvalue weighted by Gasteiger charge is -2.26. The smallest absolute Gasteiger partial charge is 0.379 e. The van der Waals surface area contributed by atoms with Gasteiger partial charge in [0.2, 0.25) is 5.82 Å². The van der Waals surface area contributed by atoms with Crippen LogP contribution in [0.5, 0.6) is 0 Å². The van der Waals surface area contributed by atoms with Crippen LogP contribution in [0, 0.1) is 0 Å².